The van der Waals surface area contributed by atoms with Gasteiger partial charge < -0.3 is 9.47 Å². The summed E-state index contributed by atoms with van der Waals surface area (Å²) in [6, 6.07) is 14.9. The fourth-order valence-electron chi connectivity index (χ4n) is 1.92. The van der Waals surface area contributed by atoms with Crippen LogP contribution in [0, 0.1) is 0 Å². The van der Waals surface area contributed by atoms with Crippen LogP contribution in [0.2, 0.25) is 10.0 Å². The van der Waals surface area contributed by atoms with Gasteiger partial charge in [-0.15, -0.1) is 0 Å². The van der Waals surface area contributed by atoms with Gasteiger partial charge in [0.2, 0.25) is 5.90 Å². The van der Waals surface area contributed by atoms with Gasteiger partial charge in [-0.1, -0.05) is 59.6 Å². The predicted octanol–water partition coefficient (Wildman–Crippen LogP) is 5.06. The first-order chi connectivity index (χ1) is 10.2. The Labute approximate surface area is 134 Å². The van der Waals surface area contributed by atoms with Crippen molar-refractivity contribution in [2.24, 2.45) is 4.99 Å². The van der Waals surface area contributed by atoms with Gasteiger partial charge in [0.15, 0.2) is 6.10 Å². The Balaban J connectivity index is 2.44. The zero-order chi connectivity index (χ0) is 15.2. The first-order valence-corrected chi connectivity index (χ1v) is 7.07. The van der Waals surface area contributed by atoms with E-state index in [1.807, 2.05) is 30.3 Å². The standard InChI is InChI=1S/C16H15Cl2NO2/c1-20-15(11-7-4-3-5-8-11)16(21-2)19-14-12(17)9-6-10-13(14)18/h3-10,15H,1-2H3. The van der Waals surface area contributed by atoms with Crippen molar-refractivity contribution in [1.82, 2.24) is 0 Å². The summed E-state index contributed by atoms with van der Waals surface area (Å²) in [5.41, 5.74) is 1.40. The molecule has 2 rings (SSSR count). The highest BCUT2D eigenvalue weighted by atomic mass is 35.5. The summed E-state index contributed by atoms with van der Waals surface area (Å²) in [5.74, 6) is 0.388. The number of benzene rings is 2. The summed E-state index contributed by atoms with van der Waals surface area (Å²) in [6.45, 7) is 0. The second-order valence-corrected chi connectivity index (χ2v) is 5.07. The molecule has 0 aliphatic rings. The Morgan fingerprint density at radius 3 is 2.10 bits per heavy atom. The van der Waals surface area contributed by atoms with E-state index in [9.17, 15) is 0 Å². The van der Waals surface area contributed by atoms with E-state index >= 15 is 0 Å². The lowest BCUT2D eigenvalue weighted by atomic mass is 10.1. The summed E-state index contributed by atoms with van der Waals surface area (Å²) < 4.78 is 10.9. The molecule has 0 fully saturated rings. The quantitative estimate of drug-likeness (QED) is 0.581. The van der Waals surface area contributed by atoms with Crippen LogP contribution < -0.4 is 0 Å². The van der Waals surface area contributed by atoms with Crippen molar-refractivity contribution in [3.05, 3.63) is 64.1 Å². The van der Waals surface area contributed by atoms with Crippen LogP contribution in [-0.4, -0.2) is 20.1 Å². The van der Waals surface area contributed by atoms with Crippen molar-refractivity contribution in [1.29, 1.82) is 0 Å². The smallest absolute Gasteiger partial charge is 0.223 e. The Kier molecular flexibility index (Phi) is 5.62. The van der Waals surface area contributed by atoms with Crippen LogP contribution in [0.1, 0.15) is 11.7 Å². The SMILES string of the molecule is COC(=Nc1c(Cl)cccc1Cl)C(OC)c1ccccc1. The molecule has 2 aromatic rings. The summed E-state index contributed by atoms with van der Waals surface area (Å²) in [4.78, 5) is 4.43. The highest BCUT2D eigenvalue weighted by Gasteiger charge is 2.19. The van der Waals surface area contributed by atoms with Gasteiger partial charge in [-0.25, -0.2) is 4.99 Å². The molecule has 0 amide bonds. The summed E-state index contributed by atoms with van der Waals surface area (Å²) >= 11 is 12.3. The number of halogens is 2. The average molecular weight is 324 g/mol. The van der Waals surface area contributed by atoms with Gasteiger partial charge in [0.05, 0.1) is 17.2 Å². The number of aliphatic imine (C=N–C) groups is 1. The lowest BCUT2D eigenvalue weighted by Gasteiger charge is -2.17. The first-order valence-electron chi connectivity index (χ1n) is 6.31. The van der Waals surface area contributed by atoms with Crippen molar-refractivity contribution in [2.45, 2.75) is 6.10 Å². The minimum absolute atomic E-state index is 0.388. The number of para-hydroxylation sites is 1. The van der Waals surface area contributed by atoms with E-state index in [4.69, 9.17) is 32.7 Å². The topological polar surface area (TPSA) is 30.8 Å². The van der Waals surface area contributed by atoms with Gasteiger partial charge >= 0.3 is 0 Å². The van der Waals surface area contributed by atoms with E-state index in [-0.39, 0.29) is 0 Å². The van der Waals surface area contributed by atoms with Crippen LogP contribution in [0.25, 0.3) is 0 Å². The van der Waals surface area contributed by atoms with E-state index in [1.54, 1.807) is 32.4 Å². The molecule has 21 heavy (non-hydrogen) atoms. The van der Waals surface area contributed by atoms with Crippen LogP contribution in [0.15, 0.2) is 53.5 Å². The predicted molar refractivity (Wildman–Crippen MR) is 86.8 cm³/mol. The Hall–Kier alpha value is -1.55. The van der Waals surface area contributed by atoms with Crippen molar-refractivity contribution in [3.63, 3.8) is 0 Å². The fourth-order valence-corrected chi connectivity index (χ4v) is 2.41. The van der Waals surface area contributed by atoms with Gasteiger partial charge in [0.1, 0.15) is 5.69 Å². The highest BCUT2D eigenvalue weighted by Crippen LogP contribution is 2.34. The van der Waals surface area contributed by atoms with Crippen LogP contribution >= 0.6 is 23.2 Å². The molecule has 0 aliphatic heterocycles. The summed E-state index contributed by atoms with van der Waals surface area (Å²) in [5, 5.41) is 0.917. The molecular formula is C16H15Cl2NO2. The highest BCUT2D eigenvalue weighted by molar-refractivity contribution is 6.38. The van der Waals surface area contributed by atoms with Crippen LogP contribution in [0.5, 0.6) is 0 Å². The number of nitrogens with zero attached hydrogens (tertiary/aromatic N) is 1. The molecule has 0 aromatic heterocycles. The minimum atomic E-state index is -0.427. The van der Waals surface area contributed by atoms with Crippen molar-refractivity contribution in [2.75, 3.05) is 14.2 Å². The molecule has 0 aliphatic carbocycles. The number of rotatable bonds is 4. The van der Waals surface area contributed by atoms with E-state index in [0.717, 1.165) is 5.56 Å². The molecule has 2 aromatic carbocycles. The first kappa shape index (κ1) is 15.8. The van der Waals surface area contributed by atoms with E-state index in [0.29, 0.717) is 21.6 Å². The van der Waals surface area contributed by atoms with Gasteiger partial charge in [-0.05, 0) is 17.7 Å². The summed E-state index contributed by atoms with van der Waals surface area (Å²) in [6.07, 6.45) is -0.427. The molecule has 0 N–H and O–H groups in total. The third-order valence-electron chi connectivity index (χ3n) is 2.93. The third kappa shape index (κ3) is 3.76. The molecular weight excluding hydrogens is 309 g/mol. The zero-order valence-electron chi connectivity index (χ0n) is 11.7. The Morgan fingerprint density at radius 1 is 0.952 bits per heavy atom. The van der Waals surface area contributed by atoms with E-state index in [1.165, 1.54) is 0 Å². The maximum Gasteiger partial charge on any atom is 0.223 e. The monoisotopic (exact) mass is 323 g/mol. The maximum atomic E-state index is 6.14. The number of hydrogen-bond donors (Lipinski definition) is 0. The van der Waals surface area contributed by atoms with Crippen LogP contribution in [0.4, 0.5) is 5.69 Å². The van der Waals surface area contributed by atoms with Gasteiger partial charge in [-0.3, -0.25) is 0 Å². The molecule has 0 heterocycles. The van der Waals surface area contributed by atoms with Gasteiger partial charge in [0.25, 0.3) is 0 Å². The second kappa shape index (κ2) is 7.46. The van der Waals surface area contributed by atoms with Crippen molar-refractivity contribution in [3.8, 4) is 0 Å². The molecule has 1 atom stereocenters. The Morgan fingerprint density at radius 2 is 1.57 bits per heavy atom. The summed E-state index contributed by atoms with van der Waals surface area (Å²) in [7, 11) is 3.14. The van der Waals surface area contributed by atoms with E-state index in [2.05, 4.69) is 4.99 Å². The van der Waals surface area contributed by atoms with Crippen molar-refractivity contribution < 1.29 is 9.47 Å². The lowest BCUT2D eigenvalue weighted by Crippen LogP contribution is -2.16. The van der Waals surface area contributed by atoms with Gasteiger partial charge in [-0.2, -0.15) is 0 Å². The zero-order valence-corrected chi connectivity index (χ0v) is 13.2. The Bertz CT molecular complexity index is 609. The fraction of sp³-hybridized carbons (Fsp3) is 0.188. The number of hydrogen-bond acceptors (Lipinski definition) is 3. The van der Waals surface area contributed by atoms with Gasteiger partial charge in [0, 0.05) is 7.11 Å². The molecule has 0 bridgehead atoms. The molecule has 5 heteroatoms. The molecule has 0 saturated heterocycles. The normalized spacial score (nSPS) is 13.0. The molecule has 0 spiro atoms. The molecule has 1 unspecified atom stereocenters. The molecule has 0 saturated carbocycles. The molecule has 0 radical (unpaired) electrons. The third-order valence-corrected chi connectivity index (χ3v) is 3.54. The van der Waals surface area contributed by atoms with E-state index < -0.39 is 6.10 Å². The van der Waals surface area contributed by atoms with Crippen molar-refractivity contribution >= 4 is 34.8 Å². The molecule has 110 valence electrons. The maximum absolute atomic E-state index is 6.14. The number of methoxy groups -OCH3 is 2. The largest absolute Gasteiger partial charge is 0.482 e. The van der Waals surface area contributed by atoms with Crippen LogP contribution in [0.3, 0.4) is 0 Å². The molecule has 3 nitrogen and oxygen atoms in total. The second-order valence-electron chi connectivity index (χ2n) is 4.25. The number of ether oxygens (including phenoxy) is 2. The average Bonchev–Trinajstić information content (AvgIpc) is 2.51. The lowest BCUT2D eigenvalue weighted by molar-refractivity contribution is 0.135. The minimum Gasteiger partial charge on any atom is -0.482 e. The van der Waals surface area contributed by atoms with Crippen LogP contribution in [-0.2, 0) is 9.47 Å².